The number of carbonyl (C=O) groups excluding carboxylic acids is 1. The number of alkyl halides is 2. The van der Waals surface area contributed by atoms with E-state index in [1.165, 1.54) is 19.2 Å². The Labute approximate surface area is 90.0 Å². The predicted molar refractivity (Wildman–Crippen MR) is 52.6 cm³/mol. The van der Waals surface area contributed by atoms with Gasteiger partial charge in [-0.05, 0) is 12.1 Å². The molecule has 0 aliphatic rings. The minimum absolute atomic E-state index is 0.0984. The summed E-state index contributed by atoms with van der Waals surface area (Å²) in [6.07, 6.45) is -3.08. The van der Waals surface area contributed by atoms with Gasteiger partial charge in [-0.15, -0.1) is 0 Å². The number of anilines is 1. The van der Waals surface area contributed by atoms with Crippen LogP contribution in [-0.2, 0) is 4.79 Å². The standard InChI is InChI=1S/C9H8ClF2NO2/c1-15-5-2-3-6(10)7(4-5)13-9(14)8(11)12/h2-4,8H,1H3,(H,13,14). The van der Waals surface area contributed by atoms with Gasteiger partial charge in [-0.25, -0.2) is 0 Å². The van der Waals surface area contributed by atoms with Crippen LogP contribution in [-0.4, -0.2) is 19.4 Å². The number of methoxy groups -OCH3 is 1. The topological polar surface area (TPSA) is 38.3 Å². The van der Waals surface area contributed by atoms with E-state index in [-0.39, 0.29) is 10.7 Å². The zero-order valence-corrected chi connectivity index (χ0v) is 8.52. The molecule has 15 heavy (non-hydrogen) atoms. The van der Waals surface area contributed by atoms with Crippen molar-refractivity contribution in [2.24, 2.45) is 0 Å². The van der Waals surface area contributed by atoms with Crippen LogP contribution in [0.3, 0.4) is 0 Å². The SMILES string of the molecule is COc1ccc(Cl)c(NC(=O)C(F)F)c1. The third-order valence-electron chi connectivity index (χ3n) is 1.63. The zero-order chi connectivity index (χ0) is 11.4. The van der Waals surface area contributed by atoms with Crippen molar-refractivity contribution in [2.75, 3.05) is 12.4 Å². The van der Waals surface area contributed by atoms with E-state index in [2.05, 4.69) is 0 Å². The molecular weight excluding hydrogens is 228 g/mol. The van der Waals surface area contributed by atoms with Crippen molar-refractivity contribution in [3.63, 3.8) is 0 Å². The van der Waals surface area contributed by atoms with Crippen LogP contribution < -0.4 is 10.1 Å². The fraction of sp³-hybridized carbons (Fsp3) is 0.222. The molecule has 0 unspecified atom stereocenters. The van der Waals surface area contributed by atoms with Crippen LogP contribution in [0, 0.1) is 0 Å². The fourth-order valence-electron chi connectivity index (χ4n) is 0.914. The molecule has 0 saturated carbocycles. The molecule has 1 aromatic rings. The van der Waals surface area contributed by atoms with E-state index < -0.39 is 12.3 Å². The predicted octanol–water partition coefficient (Wildman–Crippen LogP) is 2.55. The summed E-state index contributed by atoms with van der Waals surface area (Å²) in [7, 11) is 1.42. The lowest BCUT2D eigenvalue weighted by Crippen LogP contribution is -2.20. The molecule has 1 rings (SSSR count). The lowest BCUT2D eigenvalue weighted by Gasteiger charge is -2.08. The Hall–Kier alpha value is -1.36. The van der Waals surface area contributed by atoms with Gasteiger partial charge >= 0.3 is 6.43 Å². The summed E-state index contributed by atoms with van der Waals surface area (Å²) in [5.74, 6) is -0.978. The maximum Gasteiger partial charge on any atom is 0.315 e. The highest BCUT2D eigenvalue weighted by molar-refractivity contribution is 6.33. The monoisotopic (exact) mass is 235 g/mol. The minimum Gasteiger partial charge on any atom is -0.497 e. The second-order valence-corrected chi connectivity index (χ2v) is 3.04. The van der Waals surface area contributed by atoms with Gasteiger partial charge < -0.3 is 10.1 Å². The quantitative estimate of drug-likeness (QED) is 0.874. The van der Waals surface area contributed by atoms with Crippen LogP contribution in [0.5, 0.6) is 5.75 Å². The van der Waals surface area contributed by atoms with Crippen LogP contribution in [0.4, 0.5) is 14.5 Å². The fourth-order valence-corrected chi connectivity index (χ4v) is 1.08. The second kappa shape index (κ2) is 4.93. The highest BCUT2D eigenvalue weighted by Gasteiger charge is 2.16. The highest BCUT2D eigenvalue weighted by atomic mass is 35.5. The smallest absolute Gasteiger partial charge is 0.315 e. The molecule has 1 N–H and O–H groups in total. The summed E-state index contributed by atoms with van der Waals surface area (Å²) in [6.45, 7) is 0. The molecule has 6 heteroatoms. The third kappa shape index (κ3) is 3.06. The van der Waals surface area contributed by atoms with Gasteiger partial charge in [-0.3, -0.25) is 4.79 Å². The van der Waals surface area contributed by atoms with E-state index in [0.717, 1.165) is 0 Å². The molecule has 0 atom stereocenters. The van der Waals surface area contributed by atoms with E-state index in [1.807, 2.05) is 5.32 Å². The van der Waals surface area contributed by atoms with Gasteiger partial charge in [-0.1, -0.05) is 11.6 Å². The van der Waals surface area contributed by atoms with Gasteiger partial charge in [0.15, 0.2) is 0 Å². The summed E-state index contributed by atoms with van der Waals surface area (Å²) in [5.41, 5.74) is 0.0984. The van der Waals surface area contributed by atoms with Crippen molar-refractivity contribution < 1.29 is 18.3 Å². The first-order valence-corrected chi connectivity index (χ1v) is 4.35. The molecule has 1 aromatic carbocycles. The van der Waals surface area contributed by atoms with Crippen molar-refractivity contribution >= 4 is 23.2 Å². The molecule has 3 nitrogen and oxygen atoms in total. The van der Waals surface area contributed by atoms with Gasteiger partial charge in [0.05, 0.1) is 17.8 Å². The Bertz CT molecular complexity index is 371. The number of amides is 1. The van der Waals surface area contributed by atoms with Gasteiger partial charge in [0.2, 0.25) is 0 Å². The van der Waals surface area contributed by atoms with E-state index >= 15 is 0 Å². The number of hydrogen-bond acceptors (Lipinski definition) is 2. The molecule has 82 valence electrons. The van der Waals surface area contributed by atoms with Crippen LogP contribution in [0.1, 0.15) is 0 Å². The van der Waals surface area contributed by atoms with Crippen LogP contribution in [0.2, 0.25) is 5.02 Å². The van der Waals surface area contributed by atoms with E-state index in [1.54, 1.807) is 6.07 Å². The Balaban J connectivity index is 2.88. The number of rotatable bonds is 3. The molecule has 1 amide bonds. The minimum atomic E-state index is -3.08. The Morgan fingerprint density at radius 3 is 2.73 bits per heavy atom. The average Bonchev–Trinajstić information content (AvgIpc) is 2.21. The first-order valence-electron chi connectivity index (χ1n) is 3.97. The molecule has 0 spiro atoms. The summed E-state index contributed by atoms with van der Waals surface area (Å²) in [6, 6.07) is 4.37. The molecule has 0 saturated heterocycles. The van der Waals surface area contributed by atoms with Crippen LogP contribution in [0.15, 0.2) is 18.2 Å². The Morgan fingerprint density at radius 2 is 2.20 bits per heavy atom. The molecule has 0 aliphatic carbocycles. The average molecular weight is 236 g/mol. The number of benzene rings is 1. The maximum absolute atomic E-state index is 11.9. The molecule has 0 fully saturated rings. The van der Waals surface area contributed by atoms with Crippen molar-refractivity contribution in [2.45, 2.75) is 6.43 Å². The van der Waals surface area contributed by atoms with E-state index in [9.17, 15) is 13.6 Å². The normalized spacial score (nSPS) is 10.2. The third-order valence-corrected chi connectivity index (χ3v) is 1.96. The molecule has 0 aromatic heterocycles. The highest BCUT2D eigenvalue weighted by Crippen LogP contribution is 2.26. The number of halogens is 3. The van der Waals surface area contributed by atoms with Crippen LogP contribution >= 0.6 is 11.6 Å². The summed E-state index contributed by atoms with van der Waals surface area (Å²) in [5, 5.41) is 2.15. The number of hydrogen-bond donors (Lipinski definition) is 1. The van der Waals surface area contributed by atoms with E-state index in [0.29, 0.717) is 5.75 Å². The van der Waals surface area contributed by atoms with Gasteiger partial charge in [0.25, 0.3) is 5.91 Å². The van der Waals surface area contributed by atoms with Gasteiger partial charge in [0.1, 0.15) is 5.75 Å². The summed E-state index contributed by atoms with van der Waals surface area (Å²) in [4.78, 5) is 10.7. The number of carbonyl (C=O) groups is 1. The molecule has 0 aliphatic heterocycles. The largest absolute Gasteiger partial charge is 0.497 e. The van der Waals surface area contributed by atoms with Crippen LogP contribution in [0.25, 0.3) is 0 Å². The molecule has 0 radical (unpaired) electrons. The molecule has 0 bridgehead atoms. The van der Waals surface area contributed by atoms with Crippen molar-refractivity contribution in [1.82, 2.24) is 0 Å². The van der Waals surface area contributed by atoms with Gasteiger partial charge in [-0.2, -0.15) is 8.78 Å². The second-order valence-electron chi connectivity index (χ2n) is 2.64. The maximum atomic E-state index is 11.9. The van der Waals surface area contributed by atoms with E-state index in [4.69, 9.17) is 16.3 Å². The lowest BCUT2D eigenvalue weighted by atomic mass is 10.3. The van der Waals surface area contributed by atoms with Crippen molar-refractivity contribution in [1.29, 1.82) is 0 Å². The molecule has 0 heterocycles. The number of nitrogens with one attached hydrogen (secondary N) is 1. The summed E-state index contributed by atoms with van der Waals surface area (Å²) >= 11 is 5.69. The summed E-state index contributed by atoms with van der Waals surface area (Å²) < 4.78 is 28.7. The first-order chi connectivity index (χ1) is 7.04. The number of ether oxygens (including phenoxy) is 1. The Kier molecular flexibility index (Phi) is 3.85. The lowest BCUT2D eigenvalue weighted by molar-refractivity contribution is -0.126. The first kappa shape index (κ1) is 11.7. The molecular formula is C9H8ClF2NO2. The van der Waals surface area contributed by atoms with Crippen molar-refractivity contribution in [3.05, 3.63) is 23.2 Å². The Morgan fingerprint density at radius 1 is 1.53 bits per heavy atom. The zero-order valence-electron chi connectivity index (χ0n) is 7.76. The van der Waals surface area contributed by atoms with Gasteiger partial charge in [0, 0.05) is 6.07 Å². The van der Waals surface area contributed by atoms with Crippen molar-refractivity contribution in [3.8, 4) is 5.75 Å².